The summed E-state index contributed by atoms with van der Waals surface area (Å²) in [6.07, 6.45) is -3.22. The number of nitrogens with zero attached hydrogens (tertiary/aromatic N) is 1. The fraction of sp³-hybridized carbons (Fsp3) is 0.182. The Morgan fingerprint density at radius 2 is 1.84 bits per heavy atom. The Balaban J connectivity index is 1.75. The summed E-state index contributed by atoms with van der Waals surface area (Å²) in [5.41, 5.74) is 1.73. The quantitative estimate of drug-likeness (QED) is 0.503. The molecule has 168 valence electrons. The fourth-order valence-electron chi connectivity index (χ4n) is 3.00. The van der Waals surface area contributed by atoms with Crippen molar-refractivity contribution >= 4 is 11.8 Å². The van der Waals surface area contributed by atoms with Gasteiger partial charge in [-0.05, 0) is 47.5 Å². The Bertz CT molecular complexity index is 1100. The van der Waals surface area contributed by atoms with Gasteiger partial charge in [-0.15, -0.1) is 13.2 Å². The Morgan fingerprint density at radius 3 is 2.44 bits per heavy atom. The van der Waals surface area contributed by atoms with E-state index in [0.29, 0.717) is 22.5 Å². The van der Waals surface area contributed by atoms with Crippen LogP contribution in [0.2, 0.25) is 0 Å². The second-order valence-corrected chi connectivity index (χ2v) is 6.55. The van der Waals surface area contributed by atoms with Crippen LogP contribution in [0.4, 0.5) is 19.0 Å². The van der Waals surface area contributed by atoms with Gasteiger partial charge in [0, 0.05) is 18.3 Å². The summed E-state index contributed by atoms with van der Waals surface area (Å²) in [5.74, 6) is -0.597. The lowest BCUT2D eigenvalue weighted by atomic mass is 10.0. The smallest absolute Gasteiger partial charge is 0.493 e. The average Bonchev–Trinajstić information content (AvgIpc) is 2.76. The Morgan fingerprint density at radius 1 is 1.06 bits per heavy atom. The molecule has 0 unspecified atom stereocenters. The number of nitrogens with one attached hydrogen (secondary N) is 1. The molecular weight excluding hydrogens is 429 g/mol. The van der Waals surface area contributed by atoms with E-state index in [9.17, 15) is 23.1 Å². The molecule has 3 aromatic rings. The van der Waals surface area contributed by atoms with Gasteiger partial charge in [-0.1, -0.05) is 12.1 Å². The zero-order chi connectivity index (χ0) is 23.3. The second kappa shape index (κ2) is 9.46. The second-order valence-electron chi connectivity index (χ2n) is 6.55. The van der Waals surface area contributed by atoms with Crippen molar-refractivity contribution in [3.63, 3.8) is 0 Å². The van der Waals surface area contributed by atoms with Crippen LogP contribution >= 0.6 is 0 Å². The van der Waals surface area contributed by atoms with E-state index in [1.807, 2.05) is 0 Å². The molecular formula is C22H19F3N2O5. The topological polar surface area (TPSA) is 89.9 Å². The molecule has 0 saturated heterocycles. The number of hydrogen-bond acceptors (Lipinski definition) is 6. The highest BCUT2D eigenvalue weighted by Gasteiger charge is 2.31. The standard InChI is InChI=1S/C22H19F3N2O5/c1-30-18-10-15(9-17(21(28)29)20(18)31-2)14-6-7-19(27-12-14)26-11-13-4-3-5-16(8-13)32-22(23,24)25/h3-10,12H,11H2,1-2H3,(H,26,27)(H,28,29). The molecule has 0 spiro atoms. The van der Waals surface area contributed by atoms with Crippen LogP contribution in [0.1, 0.15) is 15.9 Å². The third-order valence-electron chi connectivity index (χ3n) is 4.41. The van der Waals surface area contributed by atoms with Crippen molar-refractivity contribution in [1.29, 1.82) is 0 Å². The number of aromatic carboxylic acids is 1. The first-order valence-electron chi connectivity index (χ1n) is 9.24. The molecule has 2 aromatic carbocycles. The third-order valence-corrected chi connectivity index (χ3v) is 4.41. The minimum Gasteiger partial charge on any atom is -0.493 e. The van der Waals surface area contributed by atoms with E-state index in [0.717, 1.165) is 0 Å². The largest absolute Gasteiger partial charge is 0.573 e. The van der Waals surface area contributed by atoms with E-state index in [-0.39, 0.29) is 29.4 Å². The highest BCUT2D eigenvalue weighted by atomic mass is 19.4. The van der Waals surface area contributed by atoms with Gasteiger partial charge in [-0.3, -0.25) is 0 Å². The number of pyridine rings is 1. The summed E-state index contributed by atoms with van der Waals surface area (Å²) in [6.45, 7) is 0.223. The van der Waals surface area contributed by atoms with Gasteiger partial charge in [0.2, 0.25) is 0 Å². The molecule has 1 heterocycles. The molecule has 7 nitrogen and oxygen atoms in total. The number of aromatic nitrogens is 1. The molecule has 32 heavy (non-hydrogen) atoms. The molecule has 10 heteroatoms. The van der Waals surface area contributed by atoms with Crippen LogP contribution in [0.15, 0.2) is 54.7 Å². The van der Waals surface area contributed by atoms with Gasteiger partial charge in [0.25, 0.3) is 0 Å². The van der Waals surface area contributed by atoms with Crippen LogP contribution in [-0.2, 0) is 6.54 Å². The van der Waals surface area contributed by atoms with Crippen molar-refractivity contribution in [2.45, 2.75) is 12.9 Å². The summed E-state index contributed by atoms with van der Waals surface area (Å²) >= 11 is 0. The number of methoxy groups -OCH3 is 2. The van der Waals surface area contributed by atoms with Gasteiger partial charge in [0.1, 0.15) is 17.1 Å². The van der Waals surface area contributed by atoms with Crippen LogP contribution in [0.25, 0.3) is 11.1 Å². The zero-order valence-electron chi connectivity index (χ0n) is 17.1. The molecule has 0 bridgehead atoms. The predicted molar refractivity (Wildman–Crippen MR) is 110 cm³/mol. The predicted octanol–water partition coefficient (Wildman–Crippen LogP) is 4.97. The van der Waals surface area contributed by atoms with Crippen molar-refractivity contribution in [3.8, 4) is 28.4 Å². The third kappa shape index (κ3) is 5.60. The van der Waals surface area contributed by atoms with Crippen LogP contribution in [-0.4, -0.2) is 36.6 Å². The number of ether oxygens (including phenoxy) is 3. The number of carbonyl (C=O) groups is 1. The average molecular weight is 448 g/mol. The van der Waals surface area contributed by atoms with Crippen molar-refractivity contribution < 1.29 is 37.3 Å². The molecule has 0 atom stereocenters. The molecule has 0 aliphatic rings. The highest BCUT2D eigenvalue weighted by molar-refractivity contribution is 5.94. The maximum atomic E-state index is 12.4. The van der Waals surface area contributed by atoms with E-state index in [4.69, 9.17) is 9.47 Å². The number of halogens is 3. The molecule has 3 rings (SSSR count). The van der Waals surface area contributed by atoms with Gasteiger partial charge in [0.15, 0.2) is 11.5 Å². The maximum Gasteiger partial charge on any atom is 0.573 e. The Kier molecular flexibility index (Phi) is 6.72. The minimum absolute atomic E-state index is 0.0509. The van der Waals surface area contributed by atoms with Crippen LogP contribution in [0.5, 0.6) is 17.2 Å². The summed E-state index contributed by atoms with van der Waals surface area (Å²) < 4.78 is 51.4. The Labute approximate surface area is 181 Å². The van der Waals surface area contributed by atoms with Gasteiger partial charge < -0.3 is 24.6 Å². The molecule has 0 aliphatic carbocycles. The van der Waals surface area contributed by atoms with Crippen molar-refractivity contribution in [2.75, 3.05) is 19.5 Å². The van der Waals surface area contributed by atoms with E-state index in [2.05, 4.69) is 15.0 Å². The molecule has 1 aromatic heterocycles. The van der Waals surface area contributed by atoms with Crippen LogP contribution in [0, 0.1) is 0 Å². The number of hydrogen-bond donors (Lipinski definition) is 2. The number of anilines is 1. The Hall–Kier alpha value is -3.95. The van der Waals surface area contributed by atoms with Crippen LogP contribution < -0.4 is 19.5 Å². The first-order chi connectivity index (χ1) is 15.2. The van der Waals surface area contributed by atoms with E-state index in [1.54, 1.807) is 30.5 Å². The monoisotopic (exact) mass is 448 g/mol. The lowest BCUT2D eigenvalue weighted by molar-refractivity contribution is -0.274. The lowest BCUT2D eigenvalue weighted by Crippen LogP contribution is -2.17. The van der Waals surface area contributed by atoms with Gasteiger partial charge in [-0.25, -0.2) is 9.78 Å². The zero-order valence-corrected chi connectivity index (χ0v) is 17.1. The highest BCUT2D eigenvalue weighted by Crippen LogP contribution is 2.36. The maximum absolute atomic E-state index is 12.4. The van der Waals surface area contributed by atoms with E-state index in [1.165, 1.54) is 38.5 Å². The molecule has 0 aliphatic heterocycles. The molecule has 0 fully saturated rings. The summed E-state index contributed by atoms with van der Waals surface area (Å²) in [4.78, 5) is 15.9. The fourth-order valence-corrected chi connectivity index (χ4v) is 3.00. The molecule has 0 saturated carbocycles. The van der Waals surface area contributed by atoms with Crippen molar-refractivity contribution in [3.05, 3.63) is 65.9 Å². The summed E-state index contributed by atoms with van der Waals surface area (Å²) in [6, 6.07) is 12.1. The molecule has 2 N–H and O–H groups in total. The number of rotatable bonds is 8. The van der Waals surface area contributed by atoms with Gasteiger partial charge in [0.05, 0.1) is 14.2 Å². The van der Waals surface area contributed by atoms with Crippen molar-refractivity contribution in [2.24, 2.45) is 0 Å². The van der Waals surface area contributed by atoms with Gasteiger partial charge >= 0.3 is 12.3 Å². The number of benzene rings is 2. The lowest BCUT2D eigenvalue weighted by Gasteiger charge is -2.13. The normalized spacial score (nSPS) is 11.0. The SMILES string of the molecule is COc1cc(-c2ccc(NCc3cccc(OC(F)(F)F)c3)nc2)cc(C(=O)O)c1OC. The summed E-state index contributed by atoms with van der Waals surface area (Å²) in [7, 11) is 2.77. The van der Waals surface area contributed by atoms with Gasteiger partial charge in [-0.2, -0.15) is 0 Å². The molecule has 0 amide bonds. The minimum atomic E-state index is -4.76. The van der Waals surface area contributed by atoms with E-state index < -0.39 is 12.3 Å². The summed E-state index contributed by atoms with van der Waals surface area (Å²) in [5, 5.41) is 12.5. The first-order valence-corrected chi connectivity index (χ1v) is 9.24. The molecule has 0 radical (unpaired) electrons. The van der Waals surface area contributed by atoms with Crippen molar-refractivity contribution in [1.82, 2.24) is 4.98 Å². The number of carboxylic acids is 1. The first kappa shape index (κ1) is 22.7. The number of alkyl halides is 3. The van der Waals surface area contributed by atoms with E-state index >= 15 is 0 Å². The number of carboxylic acid groups (broad SMARTS) is 1. The van der Waals surface area contributed by atoms with Crippen LogP contribution in [0.3, 0.4) is 0 Å².